The molecule has 5 rings (SSSR count). The van der Waals surface area contributed by atoms with Crippen LogP contribution in [0, 0.1) is 5.82 Å². The molecule has 7 nitrogen and oxygen atoms in total. The summed E-state index contributed by atoms with van der Waals surface area (Å²) in [5, 5.41) is 1.07. The maximum atomic E-state index is 13.6. The number of para-hydroxylation sites is 1. The minimum absolute atomic E-state index is 0.0648. The second-order valence-electron chi connectivity index (χ2n) is 9.19. The average molecular weight is 541 g/mol. The molecule has 0 aliphatic carbocycles. The maximum absolute atomic E-state index is 13.6. The molecule has 0 bridgehead atoms. The van der Waals surface area contributed by atoms with Crippen molar-refractivity contribution in [2.75, 3.05) is 19.6 Å². The van der Waals surface area contributed by atoms with E-state index in [1.807, 2.05) is 32.0 Å². The lowest BCUT2D eigenvalue weighted by atomic mass is 10.1. The summed E-state index contributed by atoms with van der Waals surface area (Å²) in [6, 6.07) is 18.5. The van der Waals surface area contributed by atoms with Gasteiger partial charge in [0.15, 0.2) is 0 Å². The van der Waals surface area contributed by atoms with Crippen LogP contribution in [0.5, 0.6) is 0 Å². The lowest BCUT2D eigenvalue weighted by Crippen LogP contribution is -2.54. The van der Waals surface area contributed by atoms with Crippen molar-refractivity contribution in [2.24, 2.45) is 0 Å². The van der Waals surface area contributed by atoms with Crippen molar-refractivity contribution in [3.63, 3.8) is 0 Å². The molecule has 0 radical (unpaired) electrons. The van der Waals surface area contributed by atoms with Crippen LogP contribution in [0.4, 0.5) is 4.39 Å². The first-order chi connectivity index (χ1) is 17.7. The second kappa shape index (κ2) is 9.98. The fourth-order valence-electron chi connectivity index (χ4n) is 4.85. The van der Waals surface area contributed by atoms with Crippen LogP contribution in [0.3, 0.4) is 0 Å². The fraction of sp³-hybridized carbons (Fsp3) is 0.259. The summed E-state index contributed by atoms with van der Waals surface area (Å²) in [6.07, 6.45) is 0. The third-order valence-electron chi connectivity index (χ3n) is 6.83. The fourth-order valence-corrected chi connectivity index (χ4v) is 6.59. The van der Waals surface area contributed by atoms with Crippen LogP contribution in [-0.2, 0) is 10.0 Å². The molecule has 0 amide bonds. The van der Waals surface area contributed by atoms with Crippen molar-refractivity contribution in [1.29, 1.82) is 0 Å². The van der Waals surface area contributed by atoms with E-state index in [2.05, 4.69) is 4.90 Å². The van der Waals surface area contributed by atoms with E-state index in [4.69, 9.17) is 16.6 Å². The molecule has 192 valence electrons. The molecule has 2 heterocycles. The van der Waals surface area contributed by atoms with Crippen LogP contribution in [0.25, 0.3) is 16.6 Å². The van der Waals surface area contributed by atoms with E-state index in [9.17, 15) is 17.6 Å². The Kier molecular flexibility index (Phi) is 6.89. The Bertz CT molecular complexity index is 1610. The molecule has 1 aromatic heterocycles. The Hall–Kier alpha value is -3.11. The Balaban J connectivity index is 1.49. The van der Waals surface area contributed by atoms with Crippen molar-refractivity contribution >= 4 is 32.5 Å². The van der Waals surface area contributed by atoms with E-state index in [-0.39, 0.29) is 29.1 Å². The number of nitrogens with zero attached hydrogens (tertiary/aromatic N) is 4. The van der Waals surface area contributed by atoms with Crippen molar-refractivity contribution in [3.8, 4) is 5.69 Å². The first-order valence-corrected chi connectivity index (χ1v) is 13.8. The molecular weight excluding hydrogens is 515 g/mol. The summed E-state index contributed by atoms with van der Waals surface area (Å²) in [5.74, 6) is 0.0772. The van der Waals surface area contributed by atoms with Crippen molar-refractivity contribution < 1.29 is 12.8 Å². The first-order valence-electron chi connectivity index (χ1n) is 12.0. The molecule has 2 atom stereocenters. The highest BCUT2D eigenvalue weighted by Crippen LogP contribution is 2.28. The Labute approximate surface area is 219 Å². The van der Waals surface area contributed by atoms with Gasteiger partial charge >= 0.3 is 0 Å². The highest BCUT2D eigenvalue weighted by Gasteiger charge is 2.36. The minimum atomic E-state index is -3.78. The summed E-state index contributed by atoms with van der Waals surface area (Å²) in [5.41, 5.74) is 1.07. The Morgan fingerprint density at radius 3 is 2.35 bits per heavy atom. The first kappa shape index (κ1) is 25.5. The third kappa shape index (κ3) is 4.80. The number of hydrogen-bond donors (Lipinski definition) is 0. The van der Waals surface area contributed by atoms with E-state index in [1.54, 1.807) is 34.9 Å². The molecule has 0 N–H and O–H groups in total. The van der Waals surface area contributed by atoms with E-state index in [0.717, 1.165) is 12.1 Å². The molecule has 0 spiro atoms. The quantitative estimate of drug-likeness (QED) is 0.369. The SMILES string of the molecule is C[C@H](c1nc2ccccc2c(=O)n1-c1ccc(Cl)cc1)N1CCN(S(=O)(=O)c2ccc(F)cc2)[C@@H](C)C1. The lowest BCUT2D eigenvalue weighted by molar-refractivity contribution is 0.104. The van der Waals surface area contributed by atoms with Gasteiger partial charge in [-0.25, -0.2) is 17.8 Å². The number of aromatic nitrogens is 2. The largest absolute Gasteiger partial charge is 0.291 e. The smallest absolute Gasteiger partial charge is 0.266 e. The number of piperazine rings is 1. The van der Waals surface area contributed by atoms with Crippen LogP contribution in [-0.4, -0.2) is 52.9 Å². The van der Waals surface area contributed by atoms with Crippen molar-refractivity contribution in [2.45, 2.75) is 30.8 Å². The summed E-state index contributed by atoms with van der Waals surface area (Å²) < 4.78 is 42.9. The highest BCUT2D eigenvalue weighted by atomic mass is 35.5. The van der Waals surface area contributed by atoms with Gasteiger partial charge in [-0.3, -0.25) is 14.3 Å². The van der Waals surface area contributed by atoms with Gasteiger partial charge in [0.1, 0.15) is 11.6 Å². The van der Waals surface area contributed by atoms with E-state index < -0.39 is 15.8 Å². The van der Waals surface area contributed by atoms with Gasteiger partial charge in [0, 0.05) is 30.7 Å². The summed E-state index contributed by atoms with van der Waals surface area (Å²) in [4.78, 5) is 20.7. The van der Waals surface area contributed by atoms with Gasteiger partial charge in [0.25, 0.3) is 5.56 Å². The Morgan fingerprint density at radius 1 is 1.00 bits per heavy atom. The summed E-state index contributed by atoms with van der Waals surface area (Å²) in [6.45, 7) is 4.95. The molecule has 0 saturated carbocycles. The van der Waals surface area contributed by atoms with Gasteiger partial charge in [0.05, 0.1) is 27.5 Å². The second-order valence-corrected chi connectivity index (χ2v) is 11.5. The van der Waals surface area contributed by atoms with E-state index >= 15 is 0 Å². The number of benzene rings is 3. The van der Waals surface area contributed by atoms with E-state index in [1.165, 1.54) is 16.4 Å². The maximum Gasteiger partial charge on any atom is 0.266 e. The number of rotatable bonds is 5. The Morgan fingerprint density at radius 2 is 1.68 bits per heavy atom. The average Bonchev–Trinajstić information content (AvgIpc) is 2.89. The van der Waals surface area contributed by atoms with Crippen LogP contribution < -0.4 is 5.56 Å². The molecule has 10 heteroatoms. The zero-order valence-corrected chi connectivity index (χ0v) is 22.0. The van der Waals surface area contributed by atoms with E-state index in [0.29, 0.717) is 40.5 Å². The van der Waals surface area contributed by atoms with Crippen LogP contribution in [0.2, 0.25) is 5.02 Å². The lowest BCUT2D eigenvalue weighted by Gasteiger charge is -2.41. The molecular formula is C27H26ClFN4O3S. The van der Waals surface area contributed by atoms with Gasteiger partial charge in [0.2, 0.25) is 10.0 Å². The standard InChI is InChI=1S/C27H26ClFN4O3S/c1-18-17-31(15-16-32(18)37(35,36)23-13-9-21(29)10-14-23)19(2)26-30-25-6-4-3-5-24(25)27(34)33(26)22-11-7-20(28)8-12-22/h3-14,18-19H,15-17H2,1-2H3/t18-,19+/m0/s1. The number of fused-ring (bicyclic) bond motifs is 1. The minimum Gasteiger partial charge on any atom is -0.291 e. The van der Waals surface area contributed by atoms with Crippen molar-refractivity contribution in [1.82, 2.24) is 18.8 Å². The van der Waals surface area contributed by atoms with Gasteiger partial charge in [-0.15, -0.1) is 0 Å². The topological polar surface area (TPSA) is 75.5 Å². The zero-order valence-electron chi connectivity index (χ0n) is 20.4. The van der Waals surface area contributed by atoms with Gasteiger partial charge in [-0.05, 0) is 74.5 Å². The zero-order chi connectivity index (χ0) is 26.3. The molecule has 4 aromatic rings. The van der Waals surface area contributed by atoms with Gasteiger partial charge in [-0.2, -0.15) is 4.31 Å². The molecule has 1 aliphatic heterocycles. The summed E-state index contributed by atoms with van der Waals surface area (Å²) in [7, 11) is -3.78. The molecule has 1 fully saturated rings. The van der Waals surface area contributed by atoms with Crippen LogP contribution in [0.15, 0.2) is 82.5 Å². The predicted octanol–water partition coefficient (Wildman–Crippen LogP) is 4.63. The monoisotopic (exact) mass is 540 g/mol. The normalized spacial score (nSPS) is 18.2. The summed E-state index contributed by atoms with van der Waals surface area (Å²) >= 11 is 6.09. The molecule has 0 unspecified atom stereocenters. The molecule has 1 saturated heterocycles. The predicted molar refractivity (Wildman–Crippen MR) is 142 cm³/mol. The van der Waals surface area contributed by atoms with Gasteiger partial charge < -0.3 is 0 Å². The number of hydrogen-bond acceptors (Lipinski definition) is 5. The van der Waals surface area contributed by atoms with Gasteiger partial charge in [-0.1, -0.05) is 23.7 Å². The number of sulfonamides is 1. The number of halogens is 2. The van der Waals surface area contributed by atoms with Crippen molar-refractivity contribution in [3.05, 3.63) is 99.8 Å². The van der Waals surface area contributed by atoms with Crippen LogP contribution >= 0.6 is 11.6 Å². The molecule has 37 heavy (non-hydrogen) atoms. The molecule has 3 aromatic carbocycles. The molecule has 1 aliphatic rings. The van der Waals surface area contributed by atoms with Crippen LogP contribution in [0.1, 0.15) is 25.7 Å². The third-order valence-corrected chi connectivity index (χ3v) is 9.11. The highest BCUT2D eigenvalue weighted by molar-refractivity contribution is 7.89.